The fourth-order valence-corrected chi connectivity index (χ4v) is 2.77. The number of likely N-dealkylation sites (tertiary alicyclic amines) is 1. The third-order valence-corrected chi connectivity index (χ3v) is 4.02. The van der Waals surface area contributed by atoms with E-state index in [1.54, 1.807) is 0 Å². The van der Waals surface area contributed by atoms with Crippen LogP contribution in [-0.2, 0) is 0 Å². The topological polar surface area (TPSA) is 18.5 Å². The van der Waals surface area contributed by atoms with Crippen molar-refractivity contribution in [3.8, 4) is 0 Å². The van der Waals surface area contributed by atoms with Crippen LogP contribution >= 0.6 is 0 Å². The molecule has 0 aliphatic carbocycles. The summed E-state index contributed by atoms with van der Waals surface area (Å²) in [5.41, 5.74) is 0. The molecule has 1 aliphatic rings. The summed E-state index contributed by atoms with van der Waals surface area (Å²) in [7, 11) is 4.32. The highest BCUT2D eigenvalue weighted by Gasteiger charge is 2.27. The maximum Gasteiger partial charge on any atom is 0.0117 e. The van der Waals surface area contributed by atoms with Gasteiger partial charge in [0.2, 0.25) is 0 Å². The van der Waals surface area contributed by atoms with Gasteiger partial charge in [-0.3, -0.25) is 0 Å². The van der Waals surface area contributed by atoms with E-state index in [-0.39, 0.29) is 0 Å². The van der Waals surface area contributed by atoms with Crippen LogP contribution in [0.5, 0.6) is 0 Å². The van der Waals surface area contributed by atoms with Crippen LogP contribution in [0.2, 0.25) is 0 Å². The van der Waals surface area contributed by atoms with Crippen molar-refractivity contribution in [1.82, 2.24) is 15.1 Å². The van der Waals surface area contributed by atoms with Crippen LogP contribution in [-0.4, -0.2) is 62.2 Å². The Balaban J connectivity index is 2.32. The first kappa shape index (κ1) is 14.9. The number of nitrogens with zero attached hydrogens (tertiary/aromatic N) is 2. The highest BCUT2D eigenvalue weighted by atomic mass is 15.2. The van der Waals surface area contributed by atoms with Gasteiger partial charge in [0.15, 0.2) is 0 Å². The first-order chi connectivity index (χ1) is 8.04. The molecule has 3 unspecified atom stereocenters. The number of hydrogen-bond donors (Lipinski definition) is 1. The second kappa shape index (κ2) is 7.34. The van der Waals surface area contributed by atoms with Crippen LogP contribution in [0.25, 0.3) is 0 Å². The lowest BCUT2D eigenvalue weighted by molar-refractivity contribution is 0.103. The van der Waals surface area contributed by atoms with E-state index in [4.69, 9.17) is 0 Å². The summed E-state index contributed by atoms with van der Waals surface area (Å²) in [5, 5.41) is 3.61. The Morgan fingerprint density at radius 1 is 1.41 bits per heavy atom. The second-order valence-corrected chi connectivity index (χ2v) is 5.87. The molecule has 1 heterocycles. The van der Waals surface area contributed by atoms with Gasteiger partial charge in [0.25, 0.3) is 0 Å². The Labute approximate surface area is 108 Å². The van der Waals surface area contributed by atoms with Gasteiger partial charge in [0.05, 0.1) is 0 Å². The van der Waals surface area contributed by atoms with Gasteiger partial charge in [0, 0.05) is 18.6 Å². The minimum absolute atomic E-state index is 0.724. The molecule has 1 aliphatic heterocycles. The molecule has 1 rings (SSSR count). The zero-order valence-electron chi connectivity index (χ0n) is 12.4. The van der Waals surface area contributed by atoms with Crippen molar-refractivity contribution in [2.24, 2.45) is 5.92 Å². The smallest absolute Gasteiger partial charge is 0.0117 e. The van der Waals surface area contributed by atoms with Gasteiger partial charge in [-0.05, 0) is 59.4 Å². The van der Waals surface area contributed by atoms with E-state index in [9.17, 15) is 0 Å². The summed E-state index contributed by atoms with van der Waals surface area (Å²) < 4.78 is 0. The molecule has 1 saturated heterocycles. The molecule has 0 aromatic heterocycles. The number of nitrogens with one attached hydrogen (secondary N) is 1. The Bertz CT molecular complexity index is 206. The van der Waals surface area contributed by atoms with E-state index in [1.807, 2.05) is 0 Å². The summed E-state index contributed by atoms with van der Waals surface area (Å²) >= 11 is 0. The molecule has 0 radical (unpaired) electrons. The standard InChI is InChI=1S/C14H31N3/c1-6-15-14-8-10-17(11-12(14)2)13(3)7-9-16(4)5/h12-15H,6-11H2,1-5H3. The summed E-state index contributed by atoms with van der Waals surface area (Å²) in [6.07, 6.45) is 2.59. The summed E-state index contributed by atoms with van der Waals surface area (Å²) in [6, 6.07) is 1.46. The second-order valence-electron chi connectivity index (χ2n) is 5.87. The van der Waals surface area contributed by atoms with E-state index in [1.165, 1.54) is 32.5 Å². The van der Waals surface area contributed by atoms with E-state index in [0.29, 0.717) is 0 Å². The Hall–Kier alpha value is -0.120. The van der Waals surface area contributed by atoms with Gasteiger partial charge >= 0.3 is 0 Å². The number of rotatable bonds is 6. The van der Waals surface area contributed by atoms with E-state index in [0.717, 1.165) is 24.5 Å². The monoisotopic (exact) mass is 241 g/mol. The molecule has 102 valence electrons. The van der Waals surface area contributed by atoms with Gasteiger partial charge in [-0.15, -0.1) is 0 Å². The Kier molecular flexibility index (Phi) is 6.45. The lowest BCUT2D eigenvalue weighted by Gasteiger charge is -2.40. The average Bonchev–Trinajstić information content (AvgIpc) is 2.28. The van der Waals surface area contributed by atoms with Crippen LogP contribution < -0.4 is 5.32 Å². The van der Waals surface area contributed by atoms with Crippen molar-refractivity contribution in [3.63, 3.8) is 0 Å². The van der Waals surface area contributed by atoms with Crippen LogP contribution in [0.15, 0.2) is 0 Å². The Morgan fingerprint density at radius 3 is 2.65 bits per heavy atom. The molecule has 0 saturated carbocycles. The van der Waals surface area contributed by atoms with Crippen LogP contribution in [0, 0.1) is 5.92 Å². The quantitative estimate of drug-likeness (QED) is 0.763. The van der Waals surface area contributed by atoms with Crippen molar-refractivity contribution >= 4 is 0 Å². The third kappa shape index (κ3) is 4.94. The predicted molar refractivity (Wildman–Crippen MR) is 75.5 cm³/mol. The molecule has 3 heteroatoms. The zero-order chi connectivity index (χ0) is 12.8. The van der Waals surface area contributed by atoms with Crippen LogP contribution in [0.3, 0.4) is 0 Å². The highest BCUT2D eigenvalue weighted by Crippen LogP contribution is 2.19. The maximum atomic E-state index is 3.61. The lowest BCUT2D eigenvalue weighted by Crippen LogP contribution is -2.51. The molecule has 0 aromatic rings. The minimum Gasteiger partial charge on any atom is -0.314 e. The first-order valence-corrected chi connectivity index (χ1v) is 7.16. The van der Waals surface area contributed by atoms with Gasteiger partial charge < -0.3 is 15.1 Å². The van der Waals surface area contributed by atoms with E-state index in [2.05, 4.69) is 50.0 Å². The maximum absolute atomic E-state index is 3.61. The largest absolute Gasteiger partial charge is 0.314 e. The highest BCUT2D eigenvalue weighted by molar-refractivity contribution is 4.84. The molecular weight excluding hydrogens is 210 g/mol. The molecule has 1 fully saturated rings. The van der Waals surface area contributed by atoms with Crippen molar-refractivity contribution in [3.05, 3.63) is 0 Å². The van der Waals surface area contributed by atoms with Crippen LogP contribution in [0.4, 0.5) is 0 Å². The molecule has 0 spiro atoms. The van der Waals surface area contributed by atoms with Crippen molar-refractivity contribution in [2.75, 3.05) is 40.3 Å². The van der Waals surface area contributed by atoms with Crippen molar-refractivity contribution in [1.29, 1.82) is 0 Å². The SMILES string of the molecule is CCNC1CCN(C(C)CCN(C)C)CC1C. The third-order valence-electron chi connectivity index (χ3n) is 4.02. The number of hydrogen-bond acceptors (Lipinski definition) is 3. The predicted octanol–water partition coefficient (Wildman–Crippen LogP) is 1.65. The average molecular weight is 241 g/mol. The summed E-state index contributed by atoms with van der Waals surface area (Å²) in [6.45, 7) is 11.8. The summed E-state index contributed by atoms with van der Waals surface area (Å²) in [5.74, 6) is 0.783. The molecule has 3 nitrogen and oxygen atoms in total. The van der Waals surface area contributed by atoms with Crippen LogP contribution in [0.1, 0.15) is 33.6 Å². The molecular formula is C14H31N3. The minimum atomic E-state index is 0.724. The first-order valence-electron chi connectivity index (χ1n) is 7.16. The van der Waals surface area contributed by atoms with Gasteiger partial charge in [0.1, 0.15) is 0 Å². The Morgan fingerprint density at radius 2 is 2.12 bits per heavy atom. The molecule has 0 aromatic carbocycles. The molecule has 0 amide bonds. The lowest BCUT2D eigenvalue weighted by atomic mass is 9.92. The molecule has 17 heavy (non-hydrogen) atoms. The molecule has 0 bridgehead atoms. The van der Waals surface area contributed by atoms with E-state index >= 15 is 0 Å². The van der Waals surface area contributed by atoms with Gasteiger partial charge in [-0.25, -0.2) is 0 Å². The fraction of sp³-hybridized carbons (Fsp3) is 1.00. The summed E-state index contributed by atoms with van der Waals surface area (Å²) in [4.78, 5) is 4.95. The number of piperidine rings is 1. The van der Waals surface area contributed by atoms with Gasteiger partial charge in [-0.1, -0.05) is 13.8 Å². The zero-order valence-corrected chi connectivity index (χ0v) is 12.4. The van der Waals surface area contributed by atoms with E-state index < -0.39 is 0 Å². The normalized spacial score (nSPS) is 28.6. The van der Waals surface area contributed by atoms with Crippen molar-refractivity contribution < 1.29 is 0 Å². The van der Waals surface area contributed by atoms with Gasteiger partial charge in [-0.2, -0.15) is 0 Å². The fourth-order valence-electron chi connectivity index (χ4n) is 2.77. The van der Waals surface area contributed by atoms with Crippen molar-refractivity contribution in [2.45, 2.75) is 45.7 Å². The molecule has 3 atom stereocenters. The molecule has 1 N–H and O–H groups in total.